The summed E-state index contributed by atoms with van der Waals surface area (Å²) in [5.41, 5.74) is 1.14. The zero-order chi connectivity index (χ0) is 11.1. The van der Waals surface area contributed by atoms with Crippen molar-refractivity contribution in [2.24, 2.45) is 5.92 Å². The SMILES string of the molecule is CSCCn1ccc(CNCC(C)C)n1. The standard InChI is InChI=1S/C11H21N3S/c1-10(2)8-12-9-11-4-5-14(13-11)6-7-15-3/h4-5,10,12H,6-9H2,1-3H3. The Morgan fingerprint density at radius 3 is 3.00 bits per heavy atom. The Morgan fingerprint density at radius 2 is 2.33 bits per heavy atom. The lowest BCUT2D eigenvalue weighted by Gasteiger charge is -2.05. The Hall–Kier alpha value is -0.480. The smallest absolute Gasteiger partial charge is 0.0762 e. The molecule has 0 saturated carbocycles. The summed E-state index contributed by atoms with van der Waals surface area (Å²) in [6.45, 7) is 7.36. The van der Waals surface area contributed by atoms with Crippen LogP contribution < -0.4 is 5.32 Å². The summed E-state index contributed by atoms with van der Waals surface area (Å²) in [7, 11) is 0. The van der Waals surface area contributed by atoms with Crippen molar-refractivity contribution < 1.29 is 0 Å². The average molecular weight is 227 g/mol. The highest BCUT2D eigenvalue weighted by Gasteiger charge is 1.99. The quantitative estimate of drug-likeness (QED) is 0.772. The Morgan fingerprint density at radius 1 is 1.53 bits per heavy atom. The lowest BCUT2D eigenvalue weighted by atomic mass is 10.2. The molecule has 0 amide bonds. The predicted octanol–water partition coefficient (Wildman–Crippen LogP) is 1.99. The van der Waals surface area contributed by atoms with Crippen molar-refractivity contribution in [1.82, 2.24) is 15.1 Å². The van der Waals surface area contributed by atoms with E-state index >= 15 is 0 Å². The van der Waals surface area contributed by atoms with E-state index in [2.05, 4.69) is 42.8 Å². The van der Waals surface area contributed by atoms with Crippen LogP contribution in [0.1, 0.15) is 19.5 Å². The second kappa shape index (κ2) is 6.90. The molecular formula is C11H21N3S. The van der Waals surface area contributed by atoms with Crippen molar-refractivity contribution in [2.75, 3.05) is 18.6 Å². The number of nitrogens with one attached hydrogen (secondary N) is 1. The van der Waals surface area contributed by atoms with Crippen LogP contribution in [0.3, 0.4) is 0 Å². The van der Waals surface area contributed by atoms with Gasteiger partial charge in [0.05, 0.1) is 5.69 Å². The summed E-state index contributed by atoms with van der Waals surface area (Å²) in [5, 5.41) is 7.87. The van der Waals surface area contributed by atoms with E-state index in [0.717, 1.165) is 31.1 Å². The fraction of sp³-hybridized carbons (Fsp3) is 0.727. The van der Waals surface area contributed by atoms with Gasteiger partial charge in [-0.2, -0.15) is 16.9 Å². The first-order chi connectivity index (χ1) is 7.22. The predicted molar refractivity (Wildman–Crippen MR) is 67.2 cm³/mol. The topological polar surface area (TPSA) is 29.9 Å². The minimum Gasteiger partial charge on any atom is -0.311 e. The number of thioether (sulfide) groups is 1. The van der Waals surface area contributed by atoms with E-state index in [4.69, 9.17) is 0 Å². The molecule has 0 fully saturated rings. The number of nitrogens with zero attached hydrogens (tertiary/aromatic N) is 2. The zero-order valence-electron chi connectivity index (χ0n) is 9.86. The Balaban J connectivity index is 2.26. The maximum absolute atomic E-state index is 4.49. The van der Waals surface area contributed by atoms with Gasteiger partial charge in [-0.15, -0.1) is 0 Å². The van der Waals surface area contributed by atoms with Crippen LogP contribution in [0.4, 0.5) is 0 Å². The average Bonchev–Trinajstić information content (AvgIpc) is 2.62. The molecule has 0 spiro atoms. The van der Waals surface area contributed by atoms with Crippen molar-refractivity contribution >= 4 is 11.8 Å². The van der Waals surface area contributed by atoms with Gasteiger partial charge in [0.15, 0.2) is 0 Å². The summed E-state index contributed by atoms with van der Waals surface area (Å²) in [4.78, 5) is 0. The van der Waals surface area contributed by atoms with Crippen LogP contribution in [0.25, 0.3) is 0 Å². The lowest BCUT2D eigenvalue weighted by Crippen LogP contribution is -2.19. The lowest BCUT2D eigenvalue weighted by molar-refractivity contribution is 0.542. The van der Waals surface area contributed by atoms with Gasteiger partial charge in [-0.05, 0) is 24.8 Å². The van der Waals surface area contributed by atoms with E-state index in [1.807, 2.05) is 16.4 Å². The summed E-state index contributed by atoms with van der Waals surface area (Å²) >= 11 is 1.85. The normalized spacial score (nSPS) is 11.2. The highest BCUT2D eigenvalue weighted by Crippen LogP contribution is 1.99. The van der Waals surface area contributed by atoms with Crippen LogP contribution in [0.15, 0.2) is 12.3 Å². The highest BCUT2D eigenvalue weighted by molar-refractivity contribution is 7.98. The van der Waals surface area contributed by atoms with Crippen molar-refractivity contribution in [3.8, 4) is 0 Å². The molecule has 15 heavy (non-hydrogen) atoms. The van der Waals surface area contributed by atoms with E-state index in [-0.39, 0.29) is 0 Å². The molecule has 1 aromatic rings. The first-order valence-electron chi connectivity index (χ1n) is 5.44. The molecular weight excluding hydrogens is 206 g/mol. The number of aryl methyl sites for hydroxylation is 1. The first-order valence-corrected chi connectivity index (χ1v) is 6.83. The Labute approximate surface area is 96.6 Å². The molecule has 1 heterocycles. The molecule has 3 nitrogen and oxygen atoms in total. The molecule has 0 aliphatic heterocycles. The maximum atomic E-state index is 4.49. The number of rotatable bonds is 7. The third-order valence-corrected chi connectivity index (χ3v) is 2.67. The molecule has 0 unspecified atom stereocenters. The molecule has 0 aliphatic carbocycles. The molecule has 0 aliphatic rings. The summed E-state index contributed by atoms with van der Waals surface area (Å²) in [6.07, 6.45) is 4.18. The van der Waals surface area contributed by atoms with Gasteiger partial charge in [0, 0.05) is 25.0 Å². The molecule has 4 heteroatoms. The van der Waals surface area contributed by atoms with Crippen molar-refractivity contribution in [3.05, 3.63) is 18.0 Å². The van der Waals surface area contributed by atoms with E-state index in [1.54, 1.807) is 0 Å². The second-order valence-electron chi connectivity index (χ2n) is 4.09. The van der Waals surface area contributed by atoms with Crippen LogP contribution in [0.2, 0.25) is 0 Å². The molecule has 86 valence electrons. The van der Waals surface area contributed by atoms with Gasteiger partial charge in [-0.25, -0.2) is 0 Å². The van der Waals surface area contributed by atoms with Gasteiger partial charge in [0.2, 0.25) is 0 Å². The van der Waals surface area contributed by atoms with E-state index in [1.165, 1.54) is 0 Å². The van der Waals surface area contributed by atoms with Crippen LogP contribution in [-0.4, -0.2) is 28.3 Å². The minimum atomic E-state index is 0.698. The maximum Gasteiger partial charge on any atom is 0.0762 e. The van der Waals surface area contributed by atoms with Gasteiger partial charge >= 0.3 is 0 Å². The summed E-state index contributed by atoms with van der Waals surface area (Å²) in [6, 6.07) is 2.09. The molecule has 0 saturated heterocycles. The minimum absolute atomic E-state index is 0.698. The van der Waals surface area contributed by atoms with Gasteiger partial charge in [-0.3, -0.25) is 4.68 Å². The Bertz CT molecular complexity index is 271. The molecule has 1 rings (SSSR count). The summed E-state index contributed by atoms with van der Waals surface area (Å²) < 4.78 is 2.02. The van der Waals surface area contributed by atoms with E-state index < -0.39 is 0 Å². The molecule has 0 bridgehead atoms. The largest absolute Gasteiger partial charge is 0.311 e. The zero-order valence-corrected chi connectivity index (χ0v) is 10.7. The second-order valence-corrected chi connectivity index (χ2v) is 5.07. The van der Waals surface area contributed by atoms with Gasteiger partial charge < -0.3 is 5.32 Å². The monoisotopic (exact) mass is 227 g/mol. The molecule has 1 aromatic heterocycles. The van der Waals surface area contributed by atoms with Gasteiger partial charge in [0.25, 0.3) is 0 Å². The van der Waals surface area contributed by atoms with Crippen LogP contribution >= 0.6 is 11.8 Å². The fourth-order valence-corrected chi connectivity index (χ4v) is 1.67. The number of hydrogen-bond acceptors (Lipinski definition) is 3. The van der Waals surface area contributed by atoms with Crippen LogP contribution in [0.5, 0.6) is 0 Å². The molecule has 0 atom stereocenters. The summed E-state index contributed by atoms with van der Waals surface area (Å²) in [5.74, 6) is 1.82. The van der Waals surface area contributed by atoms with Crippen molar-refractivity contribution in [3.63, 3.8) is 0 Å². The Kier molecular flexibility index (Phi) is 5.79. The third-order valence-electron chi connectivity index (χ3n) is 2.08. The third kappa shape index (κ3) is 5.23. The van der Waals surface area contributed by atoms with E-state index in [9.17, 15) is 0 Å². The number of hydrogen-bond donors (Lipinski definition) is 1. The fourth-order valence-electron chi connectivity index (χ4n) is 1.30. The van der Waals surface area contributed by atoms with E-state index in [0.29, 0.717) is 5.92 Å². The molecule has 0 aromatic carbocycles. The van der Waals surface area contributed by atoms with Gasteiger partial charge in [0.1, 0.15) is 0 Å². The van der Waals surface area contributed by atoms with Crippen LogP contribution in [0, 0.1) is 5.92 Å². The highest BCUT2D eigenvalue weighted by atomic mass is 32.2. The molecule has 1 N–H and O–H groups in total. The van der Waals surface area contributed by atoms with Gasteiger partial charge in [-0.1, -0.05) is 13.8 Å². The van der Waals surface area contributed by atoms with Crippen molar-refractivity contribution in [2.45, 2.75) is 26.9 Å². The van der Waals surface area contributed by atoms with Crippen LogP contribution in [-0.2, 0) is 13.1 Å². The molecule has 0 radical (unpaired) electrons. The van der Waals surface area contributed by atoms with Crippen molar-refractivity contribution in [1.29, 1.82) is 0 Å². The first kappa shape index (κ1) is 12.6. The number of aromatic nitrogens is 2.